The van der Waals surface area contributed by atoms with Gasteiger partial charge in [0, 0.05) is 43.6 Å². The van der Waals surface area contributed by atoms with Crippen molar-refractivity contribution in [3.63, 3.8) is 0 Å². The van der Waals surface area contributed by atoms with Crippen LogP contribution >= 0.6 is 11.6 Å². The molecule has 4 rings (SSSR count). The lowest BCUT2D eigenvalue weighted by Gasteiger charge is -2.33. The molecule has 1 aliphatic heterocycles. The average molecular weight is 316 g/mol. The van der Waals surface area contributed by atoms with E-state index in [9.17, 15) is 0 Å². The Hall–Kier alpha value is -2.34. The number of anilines is 2. The summed E-state index contributed by atoms with van der Waals surface area (Å²) in [5, 5.41) is 0.665. The molecule has 0 amide bonds. The van der Waals surface area contributed by atoms with Crippen LogP contribution in [0.2, 0.25) is 5.02 Å². The van der Waals surface area contributed by atoms with Crippen LogP contribution in [0.1, 0.15) is 0 Å². The van der Waals surface area contributed by atoms with Gasteiger partial charge in [-0.1, -0.05) is 11.6 Å². The summed E-state index contributed by atoms with van der Waals surface area (Å²) in [5.41, 5.74) is 1.55. The van der Waals surface area contributed by atoms with Crippen molar-refractivity contribution in [1.82, 2.24) is 15.0 Å². The number of nitrogens with zero attached hydrogens (tertiary/aromatic N) is 5. The molecule has 1 fully saturated rings. The molecule has 0 spiro atoms. The topological polar surface area (TPSA) is 58.3 Å². The molecule has 3 heterocycles. The summed E-state index contributed by atoms with van der Waals surface area (Å²) in [6.07, 6.45) is 3.53. The van der Waals surface area contributed by atoms with Crippen LogP contribution in [-0.2, 0) is 0 Å². The molecule has 1 aliphatic rings. The van der Waals surface area contributed by atoms with Gasteiger partial charge < -0.3 is 14.2 Å². The smallest absolute Gasteiger partial charge is 0.298 e. The Balaban J connectivity index is 1.50. The first-order valence-corrected chi connectivity index (χ1v) is 7.50. The molecule has 1 aromatic carbocycles. The Morgan fingerprint density at radius 2 is 1.73 bits per heavy atom. The second kappa shape index (κ2) is 5.46. The lowest BCUT2D eigenvalue weighted by molar-refractivity contribution is 0.539. The van der Waals surface area contributed by atoms with Gasteiger partial charge >= 0.3 is 0 Å². The van der Waals surface area contributed by atoms with Crippen LogP contribution in [-0.4, -0.2) is 41.1 Å². The van der Waals surface area contributed by atoms with E-state index in [2.05, 4.69) is 24.8 Å². The van der Waals surface area contributed by atoms with Crippen molar-refractivity contribution in [2.75, 3.05) is 36.0 Å². The van der Waals surface area contributed by atoms with Crippen molar-refractivity contribution < 1.29 is 4.42 Å². The molecule has 22 heavy (non-hydrogen) atoms. The third-order valence-electron chi connectivity index (χ3n) is 3.72. The first-order valence-electron chi connectivity index (χ1n) is 7.12. The molecule has 0 radical (unpaired) electrons. The Morgan fingerprint density at radius 1 is 1.00 bits per heavy atom. The number of piperazine rings is 1. The van der Waals surface area contributed by atoms with E-state index in [0.717, 1.165) is 43.2 Å². The number of benzene rings is 1. The number of halogens is 1. The van der Waals surface area contributed by atoms with E-state index in [1.165, 1.54) is 0 Å². The van der Waals surface area contributed by atoms with Crippen LogP contribution in [0.25, 0.3) is 11.1 Å². The second-order valence-electron chi connectivity index (χ2n) is 5.13. The molecule has 0 unspecified atom stereocenters. The first-order chi connectivity index (χ1) is 10.8. The van der Waals surface area contributed by atoms with E-state index in [-0.39, 0.29) is 0 Å². The number of hydrogen-bond donors (Lipinski definition) is 0. The van der Waals surface area contributed by atoms with Crippen LogP contribution in [0.5, 0.6) is 0 Å². The van der Waals surface area contributed by atoms with E-state index in [0.29, 0.717) is 11.0 Å². The van der Waals surface area contributed by atoms with Crippen LogP contribution in [0.3, 0.4) is 0 Å². The molecular formula is C15H14ClN5O. The molecule has 0 N–H and O–H groups in total. The molecule has 1 saturated heterocycles. The van der Waals surface area contributed by atoms with Gasteiger partial charge in [0.05, 0.1) is 0 Å². The van der Waals surface area contributed by atoms with Crippen molar-refractivity contribution in [2.24, 2.45) is 0 Å². The van der Waals surface area contributed by atoms with Gasteiger partial charge in [0.2, 0.25) is 5.95 Å². The van der Waals surface area contributed by atoms with Gasteiger partial charge in [0.25, 0.3) is 6.01 Å². The van der Waals surface area contributed by atoms with Gasteiger partial charge in [0.15, 0.2) is 5.58 Å². The molecule has 3 aromatic rings. The van der Waals surface area contributed by atoms with Gasteiger partial charge in [-0.15, -0.1) is 0 Å². The van der Waals surface area contributed by atoms with E-state index in [1.54, 1.807) is 12.4 Å². The SMILES string of the molecule is Clc1ccc2oc(N3CCN(c4ncccn4)CC3)nc2c1. The molecule has 0 bridgehead atoms. The number of fused-ring (bicyclic) bond motifs is 1. The van der Waals surface area contributed by atoms with Crippen LogP contribution in [0.4, 0.5) is 12.0 Å². The summed E-state index contributed by atoms with van der Waals surface area (Å²) in [4.78, 5) is 17.4. The largest absolute Gasteiger partial charge is 0.423 e. The monoisotopic (exact) mass is 315 g/mol. The second-order valence-corrected chi connectivity index (χ2v) is 5.57. The molecule has 0 aliphatic carbocycles. The lowest BCUT2D eigenvalue weighted by atomic mass is 10.3. The highest BCUT2D eigenvalue weighted by molar-refractivity contribution is 6.31. The van der Waals surface area contributed by atoms with Gasteiger partial charge in [-0.05, 0) is 24.3 Å². The van der Waals surface area contributed by atoms with Gasteiger partial charge in [-0.3, -0.25) is 0 Å². The van der Waals surface area contributed by atoms with Gasteiger partial charge in [-0.25, -0.2) is 9.97 Å². The number of oxazole rings is 1. The standard InChI is InChI=1S/C15H14ClN5O/c16-11-2-3-13-12(10-11)19-15(22-13)21-8-6-20(7-9-21)14-17-4-1-5-18-14/h1-5,10H,6-9H2. The van der Waals surface area contributed by atoms with E-state index < -0.39 is 0 Å². The third-order valence-corrected chi connectivity index (χ3v) is 3.96. The molecule has 7 heteroatoms. The Morgan fingerprint density at radius 3 is 2.50 bits per heavy atom. The van der Waals surface area contributed by atoms with E-state index in [4.69, 9.17) is 16.0 Å². The summed E-state index contributed by atoms with van der Waals surface area (Å²) >= 11 is 5.98. The minimum Gasteiger partial charge on any atom is -0.423 e. The fourth-order valence-electron chi connectivity index (χ4n) is 2.58. The molecule has 6 nitrogen and oxygen atoms in total. The fourth-order valence-corrected chi connectivity index (χ4v) is 2.74. The number of aromatic nitrogens is 3. The Kier molecular flexibility index (Phi) is 3.31. The van der Waals surface area contributed by atoms with Crippen LogP contribution < -0.4 is 9.80 Å². The summed E-state index contributed by atoms with van der Waals surface area (Å²) < 4.78 is 5.81. The average Bonchev–Trinajstić information content (AvgIpc) is 2.99. The highest BCUT2D eigenvalue weighted by Gasteiger charge is 2.22. The van der Waals surface area contributed by atoms with Crippen molar-refractivity contribution in [1.29, 1.82) is 0 Å². The van der Waals surface area contributed by atoms with E-state index >= 15 is 0 Å². The Labute approximate surface area is 132 Å². The zero-order chi connectivity index (χ0) is 14.9. The summed E-state index contributed by atoms with van der Waals surface area (Å²) in [7, 11) is 0. The summed E-state index contributed by atoms with van der Waals surface area (Å²) in [5.74, 6) is 0.770. The maximum absolute atomic E-state index is 5.98. The number of hydrogen-bond acceptors (Lipinski definition) is 6. The zero-order valence-electron chi connectivity index (χ0n) is 11.8. The van der Waals surface area contributed by atoms with Crippen molar-refractivity contribution in [3.05, 3.63) is 41.7 Å². The quantitative estimate of drug-likeness (QED) is 0.724. The molecular weight excluding hydrogens is 302 g/mol. The first kappa shape index (κ1) is 13.3. The fraction of sp³-hybridized carbons (Fsp3) is 0.267. The molecule has 2 aromatic heterocycles. The van der Waals surface area contributed by atoms with Crippen molar-refractivity contribution >= 4 is 34.7 Å². The van der Waals surface area contributed by atoms with Crippen LogP contribution in [0.15, 0.2) is 41.1 Å². The van der Waals surface area contributed by atoms with Crippen molar-refractivity contribution in [3.8, 4) is 0 Å². The van der Waals surface area contributed by atoms with Crippen LogP contribution in [0, 0.1) is 0 Å². The highest BCUT2D eigenvalue weighted by Crippen LogP contribution is 2.25. The maximum atomic E-state index is 5.98. The minimum atomic E-state index is 0.644. The molecule has 0 saturated carbocycles. The highest BCUT2D eigenvalue weighted by atomic mass is 35.5. The minimum absolute atomic E-state index is 0.644. The number of rotatable bonds is 2. The normalized spacial score (nSPS) is 15.5. The lowest BCUT2D eigenvalue weighted by Crippen LogP contribution is -2.47. The third kappa shape index (κ3) is 2.46. The summed E-state index contributed by atoms with van der Waals surface area (Å²) in [6, 6.07) is 7.94. The summed E-state index contributed by atoms with van der Waals surface area (Å²) in [6.45, 7) is 3.31. The maximum Gasteiger partial charge on any atom is 0.298 e. The predicted molar refractivity (Wildman–Crippen MR) is 85.5 cm³/mol. The van der Waals surface area contributed by atoms with Gasteiger partial charge in [-0.2, -0.15) is 4.98 Å². The zero-order valence-corrected chi connectivity index (χ0v) is 12.6. The van der Waals surface area contributed by atoms with Gasteiger partial charge in [0.1, 0.15) is 5.52 Å². The van der Waals surface area contributed by atoms with E-state index in [1.807, 2.05) is 24.3 Å². The predicted octanol–water partition coefficient (Wildman–Crippen LogP) is 2.60. The molecule has 0 atom stereocenters. The van der Waals surface area contributed by atoms with Crippen molar-refractivity contribution in [2.45, 2.75) is 0 Å². The molecule has 112 valence electrons. The Bertz CT molecular complexity index is 783.